The number of nitrogens with zero attached hydrogens (tertiary/aromatic N) is 7. The van der Waals surface area contributed by atoms with Crippen molar-refractivity contribution < 1.29 is 9.47 Å². The van der Waals surface area contributed by atoms with Gasteiger partial charge in [0.1, 0.15) is 11.5 Å². The lowest BCUT2D eigenvalue weighted by molar-refractivity contribution is 0.297. The molecule has 1 atom stereocenters. The number of nitrogens with two attached hydrogens (primary N) is 1. The highest BCUT2D eigenvalue weighted by molar-refractivity contribution is 5.92. The van der Waals surface area contributed by atoms with Crippen LogP contribution in [0, 0.1) is 6.92 Å². The number of anilines is 1. The first-order chi connectivity index (χ1) is 13.0. The zero-order chi connectivity index (χ0) is 19.2. The number of aromatic nitrogens is 7. The molecular formula is C15H22N10O2. The second kappa shape index (κ2) is 6.23. The van der Waals surface area contributed by atoms with E-state index in [4.69, 9.17) is 15.2 Å². The van der Waals surface area contributed by atoms with Gasteiger partial charge in [-0.25, -0.2) is 15.1 Å². The Morgan fingerprint density at radius 2 is 1.93 bits per heavy atom. The normalized spacial score (nSPS) is 18.6. The Bertz CT molecular complexity index is 1020. The van der Waals surface area contributed by atoms with Crippen LogP contribution in [0.4, 0.5) is 5.69 Å². The van der Waals surface area contributed by atoms with Crippen LogP contribution in [0.25, 0.3) is 5.65 Å². The highest BCUT2D eigenvalue weighted by Gasteiger charge is 2.47. The van der Waals surface area contributed by atoms with Gasteiger partial charge in [0.2, 0.25) is 23.0 Å². The predicted molar refractivity (Wildman–Crippen MR) is 96.6 cm³/mol. The standard InChI is InChI=1S/C15H22N10O2/c1-5-9-18-13-15(16,14(27-7-3)23-25(13)21-9)19-10-11-17-8(4)20-24(11)22-12(10)26-6-2/h19,22H,5-7,16H2,1-4H3. The van der Waals surface area contributed by atoms with Crippen molar-refractivity contribution in [1.29, 1.82) is 0 Å². The number of fused-ring (bicyclic) bond motifs is 2. The lowest BCUT2D eigenvalue weighted by Crippen LogP contribution is -2.51. The number of hydrogen-bond acceptors (Lipinski definition) is 9. The maximum Gasteiger partial charge on any atom is 0.258 e. The molecule has 0 spiro atoms. The van der Waals surface area contributed by atoms with Crippen LogP contribution in [0.15, 0.2) is 5.10 Å². The molecule has 27 heavy (non-hydrogen) atoms. The molecule has 0 amide bonds. The fourth-order valence-electron chi connectivity index (χ4n) is 2.93. The first kappa shape index (κ1) is 17.3. The smallest absolute Gasteiger partial charge is 0.258 e. The Labute approximate surface area is 154 Å². The first-order valence-electron chi connectivity index (χ1n) is 8.84. The molecule has 4 heterocycles. The topological polar surface area (TPSA) is 146 Å². The van der Waals surface area contributed by atoms with Crippen LogP contribution in [-0.2, 0) is 16.8 Å². The molecule has 4 rings (SSSR count). The molecule has 1 unspecified atom stereocenters. The molecular weight excluding hydrogens is 352 g/mol. The van der Waals surface area contributed by atoms with E-state index in [0.29, 0.717) is 54.3 Å². The van der Waals surface area contributed by atoms with Crippen LogP contribution in [-0.4, -0.2) is 53.8 Å². The van der Waals surface area contributed by atoms with E-state index in [-0.39, 0.29) is 5.90 Å². The summed E-state index contributed by atoms with van der Waals surface area (Å²) in [7, 11) is 0. The second-order valence-corrected chi connectivity index (χ2v) is 6.01. The van der Waals surface area contributed by atoms with E-state index in [1.54, 1.807) is 6.92 Å². The Hall–Kier alpha value is -3.15. The van der Waals surface area contributed by atoms with Gasteiger partial charge in [0.25, 0.3) is 5.90 Å². The van der Waals surface area contributed by atoms with Crippen LogP contribution in [0.1, 0.15) is 38.2 Å². The fraction of sp³-hybridized carbons (Fsp3) is 0.533. The Balaban J connectivity index is 1.82. The van der Waals surface area contributed by atoms with Crippen LogP contribution < -0.4 is 15.8 Å². The van der Waals surface area contributed by atoms with Crippen LogP contribution in [0.5, 0.6) is 5.88 Å². The average molecular weight is 374 g/mol. The minimum absolute atomic E-state index is 0.265. The van der Waals surface area contributed by atoms with Gasteiger partial charge < -0.3 is 14.8 Å². The Kier molecular flexibility index (Phi) is 3.98. The molecule has 12 nitrogen and oxygen atoms in total. The van der Waals surface area contributed by atoms with Crippen LogP contribution >= 0.6 is 0 Å². The van der Waals surface area contributed by atoms with E-state index in [1.807, 2.05) is 20.8 Å². The van der Waals surface area contributed by atoms with Crippen molar-refractivity contribution >= 4 is 17.2 Å². The van der Waals surface area contributed by atoms with Gasteiger partial charge in [-0.3, -0.25) is 5.73 Å². The number of nitrogens with one attached hydrogen (secondary N) is 2. The van der Waals surface area contributed by atoms with Crippen molar-refractivity contribution in [3.05, 3.63) is 17.5 Å². The summed E-state index contributed by atoms with van der Waals surface area (Å²) in [5.74, 6) is 2.41. The van der Waals surface area contributed by atoms with Crippen molar-refractivity contribution in [3.63, 3.8) is 0 Å². The summed E-state index contributed by atoms with van der Waals surface area (Å²) in [6.45, 7) is 8.36. The molecule has 144 valence electrons. The third-order valence-electron chi connectivity index (χ3n) is 4.09. The highest BCUT2D eigenvalue weighted by atomic mass is 16.5. The molecule has 0 aliphatic carbocycles. The third-order valence-corrected chi connectivity index (χ3v) is 4.09. The quantitative estimate of drug-likeness (QED) is 0.524. The predicted octanol–water partition coefficient (Wildman–Crippen LogP) is 0.354. The SMILES string of the molecule is CCOC1=Nn2nc(CC)nc2C1(N)Nc1c(OCC)[nH]n2nc(C)nc12. The van der Waals surface area contributed by atoms with Gasteiger partial charge in [0.05, 0.1) is 13.2 Å². The second-order valence-electron chi connectivity index (χ2n) is 6.01. The van der Waals surface area contributed by atoms with Gasteiger partial charge in [0.15, 0.2) is 5.82 Å². The molecule has 12 heteroatoms. The lowest BCUT2D eigenvalue weighted by atomic mass is 10.1. The van der Waals surface area contributed by atoms with Gasteiger partial charge in [-0.2, -0.15) is 0 Å². The molecule has 4 N–H and O–H groups in total. The van der Waals surface area contributed by atoms with E-state index in [2.05, 4.69) is 35.7 Å². The van der Waals surface area contributed by atoms with Crippen molar-refractivity contribution in [1.82, 2.24) is 34.7 Å². The zero-order valence-corrected chi connectivity index (χ0v) is 15.6. The molecule has 0 aromatic carbocycles. The summed E-state index contributed by atoms with van der Waals surface area (Å²) in [5.41, 5.74) is 6.47. The van der Waals surface area contributed by atoms with Crippen molar-refractivity contribution in [2.45, 2.75) is 39.8 Å². The van der Waals surface area contributed by atoms with Gasteiger partial charge >= 0.3 is 0 Å². The fourth-order valence-corrected chi connectivity index (χ4v) is 2.93. The van der Waals surface area contributed by atoms with Crippen LogP contribution in [0.3, 0.4) is 0 Å². The number of H-pyrrole nitrogens is 1. The summed E-state index contributed by atoms with van der Waals surface area (Å²) in [5, 5.41) is 19.3. The van der Waals surface area contributed by atoms with Gasteiger partial charge in [-0.1, -0.05) is 6.92 Å². The van der Waals surface area contributed by atoms with E-state index in [9.17, 15) is 0 Å². The van der Waals surface area contributed by atoms with Gasteiger partial charge in [-0.05, 0) is 20.8 Å². The molecule has 0 radical (unpaired) electrons. The van der Waals surface area contributed by atoms with Gasteiger partial charge in [-0.15, -0.1) is 24.7 Å². The molecule has 0 saturated carbocycles. The number of aryl methyl sites for hydroxylation is 2. The minimum atomic E-state index is -1.33. The third kappa shape index (κ3) is 2.60. The first-order valence-corrected chi connectivity index (χ1v) is 8.84. The van der Waals surface area contributed by atoms with Crippen molar-refractivity contribution in [2.24, 2.45) is 10.8 Å². The van der Waals surface area contributed by atoms with E-state index in [1.165, 1.54) is 9.42 Å². The summed E-state index contributed by atoms with van der Waals surface area (Å²) < 4.78 is 12.9. The molecule has 1 aliphatic heterocycles. The van der Waals surface area contributed by atoms with Crippen LogP contribution in [0.2, 0.25) is 0 Å². The number of hydrogen-bond donors (Lipinski definition) is 3. The Morgan fingerprint density at radius 1 is 1.15 bits per heavy atom. The average Bonchev–Trinajstić information content (AvgIpc) is 3.33. The molecule has 0 saturated heterocycles. The zero-order valence-electron chi connectivity index (χ0n) is 15.6. The largest absolute Gasteiger partial charge is 0.477 e. The van der Waals surface area contributed by atoms with E-state index < -0.39 is 5.66 Å². The Morgan fingerprint density at radius 3 is 2.63 bits per heavy atom. The molecule has 0 bridgehead atoms. The van der Waals surface area contributed by atoms with Crippen molar-refractivity contribution in [2.75, 3.05) is 18.5 Å². The number of ether oxygens (including phenoxy) is 2. The van der Waals surface area contributed by atoms with Crippen molar-refractivity contribution in [3.8, 4) is 5.88 Å². The molecule has 3 aromatic heterocycles. The van der Waals surface area contributed by atoms with E-state index in [0.717, 1.165) is 0 Å². The number of rotatable bonds is 6. The highest BCUT2D eigenvalue weighted by Crippen LogP contribution is 2.34. The maximum absolute atomic E-state index is 6.71. The summed E-state index contributed by atoms with van der Waals surface area (Å²) in [6, 6.07) is 0. The number of aromatic amines is 1. The molecule has 1 aliphatic rings. The maximum atomic E-state index is 6.71. The molecule has 3 aromatic rings. The summed E-state index contributed by atoms with van der Waals surface area (Å²) in [4.78, 5) is 10.3. The monoisotopic (exact) mass is 374 g/mol. The minimum Gasteiger partial charge on any atom is -0.477 e. The summed E-state index contributed by atoms with van der Waals surface area (Å²) >= 11 is 0. The van der Waals surface area contributed by atoms with Gasteiger partial charge in [0, 0.05) is 6.42 Å². The van der Waals surface area contributed by atoms with E-state index >= 15 is 0 Å². The summed E-state index contributed by atoms with van der Waals surface area (Å²) in [6.07, 6.45) is 0.664. The lowest BCUT2D eigenvalue weighted by Gasteiger charge is -2.25. The molecule has 0 fully saturated rings.